The molecule has 32 heavy (non-hydrogen) atoms. The molecular formula is C21H21F2N7O2. The van der Waals surface area contributed by atoms with Crippen molar-refractivity contribution >= 4 is 17.6 Å². The molecule has 0 spiro atoms. The first-order valence-electron chi connectivity index (χ1n) is 10.4. The minimum Gasteiger partial charge on any atom is -0.337 e. The molecule has 1 atom stereocenters. The van der Waals surface area contributed by atoms with E-state index in [-0.39, 0.29) is 23.8 Å². The zero-order chi connectivity index (χ0) is 22.4. The number of carbonyl (C=O) groups is 2. The number of benzene rings is 1. The van der Waals surface area contributed by atoms with E-state index in [4.69, 9.17) is 0 Å². The van der Waals surface area contributed by atoms with E-state index in [1.807, 2.05) is 6.07 Å². The number of fused-ring (bicyclic) bond motifs is 1. The highest BCUT2D eigenvalue weighted by Crippen LogP contribution is 2.40. The molecule has 1 N–H and O–H groups in total. The highest BCUT2D eigenvalue weighted by atomic mass is 19.1. The minimum absolute atomic E-state index is 0.176. The summed E-state index contributed by atoms with van der Waals surface area (Å²) in [6.07, 6.45) is 3.83. The minimum atomic E-state index is -0.769. The number of halogens is 2. The van der Waals surface area contributed by atoms with Gasteiger partial charge in [-0.1, -0.05) is 6.07 Å². The predicted octanol–water partition coefficient (Wildman–Crippen LogP) is 1.84. The third-order valence-electron chi connectivity index (χ3n) is 5.80. The maximum Gasteiger partial charge on any atom is 0.291 e. The fourth-order valence-electron chi connectivity index (χ4n) is 3.84. The molecule has 3 heterocycles. The monoisotopic (exact) mass is 441 g/mol. The van der Waals surface area contributed by atoms with Gasteiger partial charge in [0.05, 0.1) is 12.2 Å². The number of rotatable bonds is 5. The molecule has 1 aromatic carbocycles. The smallest absolute Gasteiger partial charge is 0.291 e. The quantitative estimate of drug-likeness (QED) is 0.652. The van der Waals surface area contributed by atoms with Crippen LogP contribution in [0.2, 0.25) is 0 Å². The second-order valence-electron chi connectivity index (χ2n) is 8.10. The first-order chi connectivity index (χ1) is 15.4. The van der Waals surface area contributed by atoms with E-state index >= 15 is 0 Å². The van der Waals surface area contributed by atoms with Gasteiger partial charge in [0.25, 0.3) is 11.8 Å². The van der Waals surface area contributed by atoms with Crippen molar-refractivity contribution in [2.45, 2.75) is 44.3 Å². The third kappa shape index (κ3) is 3.74. The predicted molar refractivity (Wildman–Crippen MR) is 109 cm³/mol. The van der Waals surface area contributed by atoms with Crippen molar-refractivity contribution in [3.05, 3.63) is 59.3 Å². The van der Waals surface area contributed by atoms with Gasteiger partial charge in [0.1, 0.15) is 29.8 Å². The van der Waals surface area contributed by atoms with Crippen LogP contribution in [0.25, 0.3) is 0 Å². The molecule has 2 amide bonds. The fourth-order valence-corrected chi connectivity index (χ4v) is 3.84. The maximum absolute atomic E-state index is 13.9. The molecule has 166 valence electrons. The van der Waals surface area contributed by atoms with Crippen LogP contribution >= 0.6 is 0 Å². The summed E-state index contributed by atoms with van der Waals surface area (Å²) in [6, 6.07) is 4.74. The van der Waals surface area contributed by atoms with Crippen molar-refractivity contribution in [1.29, 1.82) is 0 Å². The van der Waals surface area contributed by atoms with Gasteiger partial charge in [-0.15, -0.1) is 5.10 Å². The number of carbonyl (C=O) groups excluding carboxylic acids is 2. The van der Waals surface area contributed by atoms with Crippen LogP contribution in [-0.4, -0.2) is 49.4 Å². The molecule has 1 fully saturated rings. The van der Waals surface area contributed by atoms with Crippen LogP contribution < -0.4 is 10.2 Å². The van der Waals surface area contributed by atoms with E-state index in [2.05, 4.69) is 20.5 Å². The Bertz CT molecular complexity index is 1180. The van der Waals surface area contributed by atoms with Crippen LogP contribution in [0.4, 0.5) is 14.6 Å². The van der Waals surface area contributed by atoms with Gasteiger partial charge in [-0.05, 0) is 31.4 Å². The fraction of sp³-hybridized carbons (Fsp3) is 0.381. The number of anilines is 1. The van der Waals surface area contributed by atoms with Gasteiger partial charge in [0.15, 0.2) is 0 Å². The number of amides is 2. The standard InChI is InChI=1S/C21H21F2N7O2/c1-28-18-9-17(12-5-6-12)26-30(18)8-7-16(21(28)32)25-20(31)19-24-11-29(27-19)10-13-14(22)3-2-4-15(13)23/h2-4,9,11-12,16H,5-8,10H2,1H3,(H,25,31). The van der Waals surface area contributed by atoms with Crippen LogP contribution in [0.5, 0.6) is 0 Å². The Kier molecular flexibility index (Phi) is 4.95. The Morgan fingerprint density at radius 1 is 1.19 bits per heavy atom. The van der Waals surface area contributed by atoms with Gasteiger partial charge >= 0.3 is 0 Å². The second kappa shape index (κ2) is 7.81. The van der Waals surface area contributed by atoms with E-state index in [0.717, 1.165) is 30.7 Å². The lowest BCUT2D eigenvalue weighted by Gasteiger charge is -2.19. The molecule has 0 bridgehead atoms. The van der Waals surface area contributed by atoms with E-state index in [1.54, 1.807) is 11.7 Å². The summed E-state index contributed by atoms with van der Waals surface area (Å²) < 4.78 is 30.7. The maximum atomic E-state index is 13.9. The van der Waals surface area contributed by atoms with E-state index < -0.39 is 23.6 Å². The number of hydrogen-bond acceptors (Lipinski definition) is 5. The van der Waals surface area contributed by atoms with E-state index in [9.17, 15) is 18.4 Å². The molecular weight excluding hydrogens is 420 g/mol. The third-order valence-corrected chi connectivity index (χ3v) is 5.80. The van der Waals surface area contributed by atoms with E-state index in [1.165, 1.54) is 22.0 Å². The Morgan fingerprint density at radius 2 is 1.94 bits per heavy atom. The summed E-state index contributed by atoms with van der Waals surface area (Å²) in [5, 5.41) is 11.3. The first kappa shape index (κ1) is 20.3. The van der Waals surface area contributed by atoms with Gasteiger partial charge in [0.2, 0.25) is 5.82 Å². The van der Waals surface area contributed by atoms with Crippen molar-refractivity contribution < 1.29 is 18.4 Å². The van der Waals surface area contributed by atoms with Crippen molar-refractivity contribution in [2.24, 2.45) is 0 Å². The molecule has 9 nitrogen and oxygen atoms in total. The topological polar surface area (TPSA) is 97.9 Å². The van der Waals surface area contributed by atoms with Crippen molar-refractivity contribution in [2.75, 3.05) is 11.9 Å². The van der Waals surface area contributed by atoms with Crippen LogP contribution in [-0.2, 0) is 17.9 Å². The first-order valence-corrected chi connectivity index (χ1v) is 10.4. The molecule has 0 radical (unpaired) electrons. The molecule has 11 heteroatoms. The summed E-state index contributed by atoms with van der Waals surface area (Å²) in [6.45, 7) is 0.270. The molecule has 3 aromatic rings. The van der Waals surface area contributed by atoms with Crippen molar-refractivity contribution in [3.8, 4) is 0 Å². The SMILES string of the molecule is CN1C(=O)C(NC(=O)c2ncn(Cc3c(F)cccc3F)n2)CCn2nc(C3CC3)cc21. The van der Waals surface area contributed by atoms with Gasteiger partial charge in [0, 0.05) is 31.1 Å². The molecule has 5 rings (SSSR count). The average molecular weight is 441 g/mol. The van der Waals surface area contributed by atoms with Crippen LogP contribution in [0.3, 0.4) is 0 Å². The molecule has 1 aliphatic carbocycles. The molecule has 2 aromatic heterocycles. The van der Waals surface area contributed by atoms with Crippen LogP contribution in [0.15, 0.2) is 30.6 Å². The zero-order valence-corrected chi connectivity index (χ0v) is 17.3. The largest absolute Gasteiger partial charge is 0.337 e. The summed E-state index contributed by atoms with van der Waals surface area (Å²) >= 11 is 0. The summed E-state index contributed by atoms with van der Waals surface area (Å²) in [4.78, 5) is 31.0. The van der Waals surface area contributed by atoms with Gasteiger partial charge in [-0.2, -0.15) is 5.10 Å². The highest BCUT2D eigenvalue weighted by Gasteiger charge is 2.34. The number of nitrogens with zero attached hydrogens (tertiary/aromatic N) is 6. The number of aromatic nitrogens is 5. The number of likely N-dealkylation sites (N-methyl/N-ethyl adjacent to an activating group) is 1. The molecule has 1 unspecified atom stereocenters. The lowest BCUT2D eigenvalue weighted by molar-refractivity contribution is -0.120. The number of nitrogens with one attached hydrogen (secondary N) is 1. The summed E-state index contributed by atoms with van der Waals surface area (Å²) in [7, 11) is 1.66. The van der Waals surface area contributed by atoms with Crippen molar-refractivity contribution in [1.82, 2.24) is 29.9 Å². The average Bonchev–Trinajstić information content (AvgIpc) is 3.39. The molecule has 2 aliphatic rings. The number of hydrogen-bond donors (Lipinski definition) is 1. The zero-order valence-electron chi connectivity index (χ0n) is 17.3. The Balaban J connectivity index is 1.27. The molecule has 1 aliphatic heterocycles. The van der Waals surface area contributed by atoms with Crippen LogP contribution in [0, 0.1) is 11.6 Å². The molecule has 1 saturated carbocycles. The van der Waals surface area contributed by atoms with Gasteiger partial charge < -0.3 is 5.32 Å². The number of aryl methyl sites for hydroxylation is 1. The van der Waals surface area contributed by atoms with Crippen LogP contribution in [0.1, 0.15) is 47.1 Å². The van der Waals surface area contributed by atoms with E-state index in [0.29, 0.717) is 24.7 Å². The van der Waals surface area contributed by atoms with Gasteiger partial charge in [-0.3, -0.25) is 14.5 Å². The Hall–Kier alpha value is -3.63. The highest BCUT2D eigenvalue weighted by molar-refractivity contribution is 6.00. The lowest BCUT2D eigenvalue weighted by atomic mass is 10.2. The normalized spacial score (nSPS) is 18.4. The molecule has 0 saturated heterocycles. The lowest BCUT2D eigenvalue weighted by Crippen LogP contribution is -2.47. The summed E-state index contributed by atoms with van der Waals surface area (Å²) in [5.74, 6) is -1.30. The second-order valence-corrected chi connectivity index (χ2v) is 8.10. The summed E-state index contributed by atoms with van der Waals surface area (Å²) in [5.41, 5.74) is 0.827. The Labute approximate surface area is 182 Å². The van der Waals surface area contributed by atoms with Gasteiger partial charge in [-0.25, -0.2) is 23.1 Å². The Morgan fingerprint density at radius 3 is 2.66 bits per heavy atom. The van der Waals surface area contributed by atoms with Crippen molar-refractivity contribution in [3.63, 3.8) is 0 Å².